The van der Waals surface area contributed by atoms with Crippen molar-refractivity contribution in [1.29, 1.82) is 0 Å². The van der Waals surface area contributed by atoms with E-state index in [-0.39, 0.29) is 12.2 Å². The highest BCUT2D eigenvalue weighted by Gasteiger charge is 2.15. The van der Waals surface area contributed by atoms with Gasteiger partial charge in [-0.1, -0.05) is 24.3 Å². The average molecular weight is 482 g/mol. The largest absolute Gasteiger partial charge is 0.493 e. The summed E-state index contributed by atoms with van der Waals surface area (Å²) in [7, 11) is 4.57. The Bertz CT molecular complexity index is 1160. The zero-order valence-corrected chi connectivity index (χ0v) is 19.5. The van der Waals surface area contributed by atoms with Crippen molar-refractivity contribution in [2.24, 2.45) is 0 Å². The number of anilines is 3. The van der Waals surface area contributed by atoms with E-state index in [9.17, 15) is 14.7 Å². The maximum absolute atomic E-state index is 12.6. The molecule has 2 amide bonds. The number of hydrogen-bond donors (Lipinski definition) is 5. The number of para-hydroxylation sites is 2. The number of carbonyl (C=O) groups excluding carboxylic acids is 1. The number of aliphatic hydroxyl groups excluding tert-OH is 1. The molecule has 3 aromatic rings. The van der Waals surface area contributed by atoms with E-state index in [1.807, 2.05) is 0 Å². The first-order valence-corrected chi connectivity index (χ1v) is 10.6. The summed E-state index contributed by atoms with van der Waals surface area (Å²) in [6, 6.07) is 16.4. The molecule has 0 radical (unpaired) electrons. The Balaban J connectivity index is 1.65. The van der Waals surface area contributed by atoms with Gasteiger partial charge >= 0.3 is 6.09 Å². The van der Waals surface area contributed by atoms with Crippen LogP contribution in [0, 0.1) is 0 Å². The summed E-state index contributed by atoms with van der Waals surface area (Å²) in [5, 5.41) is 27.6. The van der Waals surface area contributed by atoms with Crippen LogP contribution in [0.2, 0.25) is 0 Å². The summed E-state index contributed by atoms with van der Waals surface area (Å²) in [5.74, 6) is 1.02. The molecule has 0 saturated carbocycles. The first-order valence-electron chi connectivity index (χ1n) is 10.6. The van der Waals surface area contributed by atoms with Crippen molar-refractivity contribution in [3.05, 3.63) is 71.8 Å². The third kappa shape index (κ3) is 6.33. The Hall–Kier alpha value is -4.44. The molecule has 0 spiro atoms. The van der Waals surface area contributed by atoms with Crippen LogP contribution in [0.25, 0.3) is 0 Å². The van der Waals surface area contributed by atoms with Crippen LogP contribution in [-0.4, -0.2) is 50.1 Å². The Morgan fingerprint density at radius 2 is 1.43 bits per heavy atom. The van der Waals surface area contributed by atoms with Gasteiger partial charge in [0.2, 0.25) is 5.75 Å². The first-order chi connectivity index (χ1) is 16.9. The van der Waals surface area contributed by atoms with Crippen molar-refractivity contribution in [2.75, 3.05) is 43.8 Å². The summed E-state index contributed by atoms with van der Waals surface area (Å²) in [5.41, 5.74) is 2.22. The normalized spacial score (nSPS) is 11.2. The van der Waals surface area contributed by atoms with Gasteiger partial charge in [0.15, 0.2) is 11.5 Å². The molecule has 35 heavy (non-hydrogen) atoms. The second kappa shape index (κ2) is 11.6. The molecule has 0 aliphatic rings. The number of amides is 2. The summed E-state index contributed by atoms with van der Waals surface area (Å²) < 4.78 is 16.0. The number of carbonyl (C=O) groups is 2. The van der Waals surface area contributed by atoms with E-state index >= 15 is 0 Å². The fourth-order valence-electron chi connectivity index (χ4n) is 3.38. The molecule has 5 N–H and O–H groups in total. The number of benzene rings is 3. The number of aliphatic hydroxyl groups is 1. The van der Waals surface area contributed by atoms with Gasteiger partial charge in [0.1, 0.15) is 0 Å². The van der Waals surface area contributed by atoms with E-state index in [4.69, 9.17) is 19.3 Å². The van der Waals surface area contributed by atoms with Crippen molar-refractivity contribution in [3.63, 3.8) is 0 Å². The Morgan fingerprint density at radius 1 is 0.857 bits per heavy atom. The maximum Gasteiger partial charge on any atom is 0.409 e. The summed E-state index contributed by atoms with van der Waals surface area (Å²) in [6.07, 6.45) is -2.09. The predicted octanol–water partition coefficient (Wildman–Crippen LogP) is 4.20. The van der Waals surface area contributed by atoms with Gasteiger partial charge in [0, 0.05) is 29.9 Å². The van der Waals surface area contributed by atoms with E-state index in [0.717, 1.165) is 0 Å². The van der Waals surface area contributed by atoms with E-state index in [2.05, 4.69) is 16.0 Å². The van der Waals surface area contributed by atoms with Gasteiger partial charge < -0.3 is 35.1 Å². The zero-order chi connectivity index (χ0) is 25.4. The van der Waals surface area contributed by atoms with Crippen LogP contribution in [0.3, 0.4) is 0 Å². The summed E-state index contributed by atoms with van der Waals surface area (Å²) in [6.45, 7) is 0.193. The van der Waals surface area contributed by atoms with Gasteiger partial charge in [0.05, 0.1) is 38.8 Å². The molecule has 0 aliphatic carbocycles. The standard InChI is InChI=1S/C25H27N3O7/c1-33-21-12-17(13-22(34-2)23(21)35-3)26-14-20(29)15-8-10-16(11-9-15)24(30)27-18-6-4-5-7-19(18)28-25(31)32/h4-13,20,26,28-29H,14H2,1-3H3,(H,27,30)(H,31,32). The second-order valence-electron chi connectivity index (χ2n) is 7.36. The van der Waals surface area contributed by atoms with E-state index in [1.165, 1.54) is 21.3 Å². The molecule has 10 nitrogen and oxygen atoms in total. The number of nitrogens with one attached hydrogen (secondary N) is 3. The molecule has 0 aliphatic heterocycles. The number of ether oxygens (including phenoxy) is 3. The quantitative estimate of drug-likeness (QED) is 0.290. The van der Waals surface area contributed by atoms with Crippen LogP contribution >= 0.6 is 0 Å². The molecule has 1 atom stereocenters. The minimum absolute atomic E-state index is 0.193. The summed E-state index contributed by atoms with van der Waals surface area (Å²) >= 11 is 0. The van der Waals surface area contributed by atoms with E-state index in [1.54, 1.807) is 60.7 Å². The number of hydrogen-bond acceptors (Lipinski definition) is 7. The van der Waals surface area contributed by atoms with Gasteiger partial charge in [0.25, 0.3) is 5.91 Å². The molecule has 3 rings (SSSR count). The number of carboxylic acid groups (broad SMARTS) is 1. The number of rotatable bonds is 10. The lowest BCUT2D eigenvalue weighted by Crippen LogP contribution is -2.16. The first kappa shape index (κ1) is 25.2. The lowest BCUT2D eigenvalue weighted by molar-refractivity contribution is 0.102. The fourth-order valence-corrected chi connectivity index (χ4v) is 3.38. The van der Waals surface area contributed by atoms with E-state index in [0.29, 0.717) is 39.8 Å². The monoisotopic (exact) mass is 481 g/mol. The van der Waals surface area contributed by atoms with Gasteiger partial charge in [-0.3, -0.25) is 10.1 Å². The highest BCUT2D eigenvalue weighted by molar-refractivity contribution is 6.06. The highest BCUT2D eigenvalue weighted by Crippen LogP contribution is 2.40. The molecular weight excluding hydrogens is 454 g/mol. The SMILES string of the molecule is COc1cc(NCC(O)c2ccc(C(=O)Nc3ccccc3NC(=O)O)cc2)cc(OC)c1OC. The molecule has 0 fully saturated rings. The minimum Gasteiger partial charge on any atom is -0.493 e. The zero-order valence-electron chi connectivity index (χ0n) is 19.5. The second-order valence-corrected chi connectivity index (χ2v) is 7.36. The van der Waals surface area contributed by atoms with E-state index < -0.39 is 18.1 Å². The smallest absolute Gasteiger partial charge is 0.409 e. The van der Waals surface area contributed by atoms with Crippen LogP contribution in [0.5, 0.6) is 17.2 Å². The summed E-state index contributed by atoms with van der Waals surface area (Å²) in [4.78, 5) is 23.6. The molecule has 3 aromatic carbocycles. The average Bonchev–Trinajstić information content (AvgIpc) is 2.87. The third-order valence-corrected chi connectivity index (χ3v) is 5.14. The maximum atomic E-state index is 12.6. The molecular formula is C25H27N3O7. The fraction of sp³-hybridized carbons (Fsp3) is 0.200. The van der Waals surface area contributed by atoms with Crippen LogP contribution in [0.4, 0.5) is 21.9 Å². The van der Waals surface area contributed by atoms with Crippen LogP contribution < -0.4 is 30.2 Å². The Labute approximate surface area is 202 Å². The molecule has 0 aromatic heterocycles. The van der Waals surface area contributed by atoms with Crippen LogP contribution in [-0.2, 0) is 0 Å². The van der Waals surface area contributed by atoms with Crippen molar-refractivity contribution in [1.82, 2.24) is 0 Å². The number of methoxy groups -OCH3 is 3. The van der Waals surface area contributed by atoms with Gasteiger partial charge in [-0.05, 0) is 29.8 Å². The van der Waals surface area contributed by atoms with Gasteiger partial charge in [-0.2, -0.15) is 0 Å². The van der Waals surface area contributed by atoms with Gasteiger partial charge in [-0.25, -0.2) is 4.79 Å². The van der Waals surface area contributed by atoms with Crippen LogP contribution in [0.15, 0.2) is 60.7 Å². The topological polar surface area (TPSA) is 138 Å². The molecule has 184 valence electrons. The molecule has 0 bridgehead atoms. The highest BCUT2D eigenvalue weighted by atomic mass is 16.5. The molecule has 1 unspecified atom stereocenters. The molecule has 0 heterocycles. The van der Waals surface area contributed by atoms with Crippen molar-refractivity contribution < 1.29 is 34.0 Å². The predicted molar refractivity (Wildman–Crippen MR) is 132 cm³/mol. The Kier molecular flexibility index (Phi) is 8.36. The molecule has 0 saturated heterocycles. The van der Waals surface area contributed by atoms with Crippen molar-refractivity contribution in [2.45, 2.75) is 6.10 Å². The minimum atomic E-state index is -1.23. The van der Waals surface area contributed by atoms with Crippen molar-refractivity contribution in [3.8, 4) is 17.2 Å². The Morgan fingerprint density at radius 3 is 1.94 bits per heavy atom. The molecule has 10 heteroatoms. The van der Waals surface area contributed by atoms with Crippen LogP contribution in [0.1, 0.15) is 22.0 Å². The third-order valence-electron chi connectivity index (χ3n) is 5.14. The lowest BCUT2D eigenvalue weighted by Gasteiger charge is -2.17. The lowest BCUT2D eigenvalue weighted by atomic mass is 10.1. The van der Waals surface area contributed by atoms with Gasteiger partial charge in [-0.15, -0.1) is 0 Å². The van der Waals surface area contributed by atoms with Crippen molar-refractivity contribution >= 4 is 29.1 Å².